The fourth-order valence-corrected chi connectivity index (χ4v) is 4.49. The molecule has 1 atom stereocenters. The van der Waals surface area contributed by atoms with E-state index < -0.39 is 18.2 Å². The lowest BCUT2D eigenvalue weighted by molar-refractivity contribution is 0.0697. The fourth-order valence-electron chi connectivity index (χ4n) is 4.49. The largest absolute Gasteiger partial charge is 0.478 e. The van der Waals surface area contributed by atoms with Gasteiger partial charge in [0.05, 0.1) is 17.0 Å². The van der Waals surface area contributed by atoms with Crippen molar-refractivity contribution < 1.29 is 19.4 Å². The van der Waals surface area contributed by atoms with E-state index in [-0.39, 0.29) is 5.56 Å². The molecule has 5 rings (SSSR count). The number of carboxylic acids is 1. The molecule has 5 aromatic rings. The Labute approximate surface area is 220 Å². The highest BCUT2D eigenvalue weighted by molar-refractivity contribution is 5.96. The number of imidazole rings is 1. The van der Waals surface area contributed by atoms with Gasteiger partial charge in [0.15, 0.2) is 6.10 Å². The summed E-state index contributed by atoms with van der Waals surface area (Å²) in [5.41, 5.74) is 6.47. The van der Waals surface area contributed by atoms with E-state index in [2.05, 4.69) is 5.32 Å². The number of amides is 1. The predicted octanol–water partition coefficient (Wildman–Crippen LogP) is 6.91. The van der Waals surface area contributed by atoms with Gasteiger partial charge in [-0.25, -0.2) is 14.6 Å². The van der Waals surface area contributed by atoms with E-state index in [0.717, 1.165) is 40.1 Å². The summed E-state index contributed by atoms with van der Waals surface area (Å²) >= 11 is 0. The second-order valence-corrected chi connectivity index (χ2v) is 8.97. The van der Waals surface area contributed by atoms with Gasteiger partial charge in [-0.2, -0.15) is 0 Å². The molecular weight excluding hydrogens is 478 g/mol. The molecule has 0 aliphatic rings. The molecule has 190 valence electrons. The van der Waals surface area contributed by atoms with Crippen molar-refractivity contribution >= 4 is 23.4 Å². The standard InChI is InChI=1S/C31H27N3O4/c1-3-23-19-34-27(18-13-20(2)29(34)32-23)28(38-31(37)33-24-9-5-4-6-10-24)22-16-14-21(15-17-22)25-11-7-8-12-26(25)30(35)36/h4-19,28H,3H2,1-2H3,(H,33,37)(H,35,36). The topological polar surface area (TPSA) is 92.9 Å². The minimum absolute atomic E-state index is 0.223. The average molecular weight is 506 g/mol. The number of nitrogens with zero attached hydrogens (tertiary/aromatic N) is 2. The Bertz CT molecular complexity index is 1610. The second kappa shape index (κ2) is 10.6. The van der Waals surface area contributed by atoms with Gasteiger partial charge in [0.1, 0.15) is 5.65 Å². The summed E-state index contributed by atoms with van der Waals surface area (Å²) in [6, 6.07) is 27.3. The highest BCUT2D eigenvalue weighted by Crippen LogP contribution is 2.31. The summed E-state index contributed by atoms with van der Waals surface area (Å²) in [4.78, 5) is 29.5. The van der Waals surface area contributed by atoms with Crippen LogP contribution in [-0.4, -0.2) is 26.6 Å². The molecule has 0 saturated heterocycles. The molecule has 0 aliphatic carbocycles. The zero-order chi connectivity index (χ0) is 26.6. The monoisotopic (exact) mass is 505 g/mol. The molecular formula is C31H27N3O4. The Hall–Kier alpha value is -4.91. The molecule has 0 radical (unpaired) electrons. The van der Waals surface area contributed by atoms with E-state index in [4.69, 9.17) is 9.72 Å². The van der Waals surface area contributed by atoms with Crippen LogP contribution in [0.5, 0.6) is 0 Å². The number of carboxylic acid groups (broad SMARTS) is 1. The first-order chi connectivity index (χ1) is 18.4. The van der Waals surface area contributed by atoms with Gasteiger partial charge in [-0.05, 0) is 59.9 Å². The van der Waals surface area contributed by atoms with Crippen molar-refractivity contribution in [1.82, 2.24) is 9.38 Å². The zero-order valence-corrected chi connectivity index (χ0v) is 21.1. The number of nitrogens with one attached hydrogen (secondary N) is 1. The first-order valence-electron chi connectivity index (χ1n) is 12.4. The minimum Gasteiger partial charge on any atom is -0.478 e. The van der Waals surface area contributed by atoms with Crippen LogP contribution in [0.4, 0.5) is 10.5 Å². The van der Waals surface area contributed by atoms with Crippen LogP contribution in [0, 0.1) is 6.92 Å². The molecule has 7 heteroatoms. The quantitative estimate of drug-likeness (QED) is 0.251. The number of anilines is 1. The molecule has 7 nitrogen and oxygen atoms in total. The van der Waals surface area contributed by atoms with Gasteiger partial charge in [-0.1, -0.05) is 73.7 Å². The van der Waals surface area contributed by atoms with E-state index in [1.54, 1.807) is 30.3 Å². The molecule has 1 amide bonds. The average Bonchev–Trinajstić information content (AvgIpc) is 3.39. The normalized spacial score (nSPS) is 11.7. The summed E-state index contributed by atoms with van der Waals surface area (Å²) < 4.78 is 8.01. The molecule has 1 unspecified atom stereocenters. The molecule has 0 spiro atoms. The van der Waals surface area contributed by atoms with Crippen LogP contribution in [-0.2, 0) is 11.2 Å². The second-order valence-electron chi connectivity index (χ2n) is 8.97. The van der Waals surface area contributed by atoms with Crippen LogP contribution < -0.4 is 5.32 Å². The number of rotatable bonds is 7. The Morgan fingerprint density at radius 2 is 1.66 bits per heavy atom. The van der Waals surface area contributed by atoms with Crippen LogP contribution in [0.2, 0.25) is 0 Å². The SMILES string of the molecule is CCc1cn2c(C(OC(=O)Nc3ccccc3)c3ccc(-c4ccccc4C(=O)O)cc3)ccc(C)c2n1. The molecule has 3 aromatic carbocycles. The molecule has 2 heterocycles. The minimum atomic E-state index is -0.989. The summed E-state index contributed by atoms with van der Waals surface area (Å²) in [6.45, 7) is 4.05. The number of carbonyl (C=O) groups excluding carboxylic acids is 1. The molecule has 0 fully saturated rings. The number of pyridine rings is 1. The number of ether oxygens (including phenoxy) is 1. The van der Waals surface area contributed by atoms with Crippen LogP contribution in [0.25, 0.3) is 16.8 Å². The number of aromatic nitrogens is 2. The molecule has 2 aromatic heterocycles. The summed E-state index contributed by atoms with van der Waals surface area (Å²) in [5.74, 6) is -0.989. The summed E-state index contributed by atoms with van der Waals surface area (Å²) in [6.07, 6.45) is 1.41. The number of benzene rings is 3. The van der Waals surface area contributed by atoms with E-state index in [1.807, 2.05) is 85.1 Å². The van der Waals surface area contributed by atoms with Crippen molar-refractivity contribution in [1.29, 1.82) is 0 Å². The number of carbonyl (C=O) groups is 2. The lowest BCUT2D eigenvalue weighted by atomic mass is 9.97. The summed E-state index contributed by atoms with van der Waals surface area (Å²) in [5, 5.41) is 12.4. The maximum absolute atomic E-state index is 13.0. The van der Waals surface area contributed by atoms with Gasteiger partial charge in [-0.3, -0.25) is 9.72 Å². The highest BCUT2D eigenvalue weighted by Gasteiger charge is 2.24. The Balaban J connectivity index is 1.56. The summed E-state index contributed by atoms with van der Waals surface area (Å²) in [7, 11) is 0. The number of aryl methyl sites for hydroxylation is 2. The Morgan fingerprint density at radius 1 is 0.947 bits per heavy atom. The maximum atomic E-state index is 13.0. The van der Waals surface area contributed by atoms with Crippen molar-refractivity contribution in [3.63, 3.8) is 0 Å². The van der Waals surface area contributed by atoms with Crippen LogP contribution in [0.15, 0.2) is 97.2 Å². The van der Waals surface area contributed by atoms with Gasteiger partial charge < -0.3 is 9.84 Å². The van der Waals surface area contributed by atoms with Crippen molar-refractivity contribution in [3.05, 3.63) is 125 Å². The first-order valence-corrected chi connectivity index (χ1v) is 12.4. The van der Waals surface area contributed by atoms with Crippen molar-refractivity contribution in [3.8, 4) is 11.1 Å². The third-order valence-corrected chi connectivity index (χ3v) is 6.45. The Morgan fingerprint density at radius 3 is 2.37 bits per heavy atom. The van der Waals surface area contributed by atoms with Gasteiger partial charge in [0.25, 0.3) is 0 Å². The lowest BCUT2D eigenvalue weighted by Gasteiger charge is -2.21. The van der Waals surface area contributed by atoms with E-state index in [9.17, 15) is 14.7 Å². The Kier molecular flexibility index (Phi) is 6.91. The molecule has 2 N–H and O–H groups in total. The number of fused-ring (bicyclic) bond motifs is 1. The number of aromatic carboxylic acids is 1. The predicted molar refractivity (Wildman–Crippen MR) is 147 cm³/mol. The van der Waals surface area contributed by atoms with E-state index in [0.29, 0.717) is 11.3 Å². The number of para-hydroxylation sites is 1. The van der Waals surface area contributed by atoms with Crippen LogP contribution >= 0.6 is 0 Å². The molecule has 38 heavy (non-hydrogen) atoms. The molecule has 0 bridgehead atoms. The fraction of sp³-hybridized carbons (Fsp3) is 0.129. The van der Waals surface area contributed by atoms with Gasteiger partial charge >= 0.3 is 12.1 Å². The highest BCUT2D eigenvalue weighted by atomic mass is 16.6. The van der Waals surface area contributed by atoms with Gasteiger partial charge in [0, 0.05) is 11.9 Å². The molecule has 0 saturated carbocycles. The van der Waals surface area contributed by atoms with E-state index >= 15 is 0 Å². The third kappa shape index (κ3) is 4.99. The van der Waals surface area contributed by atoms with Crippen molar-refractivity contribution in [2.45, 2.75) is 26.4 Å². The number of hydrogen-bond acceptors (Lipinski definition) is 4. The van der Waals surface area contributed by atoms with Crippen molar-refractivity contribution in [2.75, 3.05) is 5.32 Å². The van der Waals surface area contributed by atoms with Crippen LogP contribution in [0.3, 0.4) is 0 Å². The van der Waals surface area contributed by atoms with Crippen molar-refractivity contribution in [2.24, 2.45) is 0 Å². The van der Waals surface area contributed by atoms with Gasteiger partial charge in [-0.15, -0.1) is 0 Å². The van der Waals surface area contributed by atoms with Gasteiger partial charge in [0.2, 0.25) is 0 Å². The maximum Gasteiger partial charge on any atom is 0.412 e. The number of hydrogen-bond donors (Lipinski definition) is 2. The first kappa shape index (κ1) is 24.8. The third-order valence-electron chi connectivity index (χ3n) is 6.45. The molecule has 0 aliphatic heterocycles. The van der Waals surface area contributed by atoms with Crippen LogP contribution in [0.1, 0.15) is 45.9 Å². The lowest BCUT2D eigenvalue weighted by Crippen LogP contribution is -2.20. The van der Waals surface area contributed by atoms with E-state index in [1.165, 1.54) is 0 Å². The zero-order valence-electron chi connectivity index (χ0n) is 21.1. The smallest absolute Gasteiger partial charge is 0.412 e.